The Hall–Kier alpha value is -3.80. The third-order valence-corrected chi connectivity index (χ3v) is 7.14. The summed E-state index contributed by atoms with van der Waals surface area (Å²) in [6, 6.07) is 20.7. The van der Waals surface area contributed by atoms with Gasteiger partial charge in [0.2, 0.25) is 0 Å². The number of nitrogens with one attached hydrogen (secondary N) is 1. The number of anilines is 1. The van der Waals surface area contributed by atoms with Gasteiger partial charge in [-0.25, -0.2) is 0 Å². The highest BCUT2D eigenvalue weighted by Crippen LogP contribution is 2.51. The number of carbonyl (C=O) groups excluding carboxylic acids is 1. The van der Waals surface area contributed by atoms with E-state index < -0.39 is 17.7 Å². The van der Waals surface area contributed by atoms with Crippen molar-refractivity contribution in [1.82, 2.24) is 0 Å². The van der Waals surface area contributed by atoms with Crippen LogP contribution in [0.15, 0.2) is 88.5 Å². The topological polar surface area (TPSA) is 42.2 Å². The van der Waals surface area contributed by atoms with Crippen molar-refractivity contribution in [2.75, 3.05) is 5.32 Å². The first-order chi connectivity index (χ1) is 17.1. The van der Waals surface area contributed by atoms with Crippen molar-refractivity contribution in [3.63, 3.8) is 0 Å². The van der Waals surface area contributed by atoms with Gasteiger partial charge in [0, 0.05) is 28.9 Å². The Morgan fingerprint density at radius 3 is 2.56 bits per heavy atom. The number of halogens is 3. The van der Waals surface area contributed by atoms with Crippen molar-refractivity contribution in [1.29, 1.82) is 0 Å². The van der Waals surface area contributed by atoms with Gasteiger partial charge in [0.05, 0.1) is 11.5 Å². The molecule has 0 saturated heterocycles. The highest BCUT2D eigenvalue weighted by molar-refractivity contribution is 6.04. The molecular weight excluding hydrogens is 463 g/mol. The zero-order valence-corrected chi connectivity index (χ0v) is 19.9. The van der Waals surface area contributed by atoms with Gasteiger partial charge >= 0.3 is 6.18 Å². The van der Waals surface area contributed by atoms with Gasteiger partial charge in [-0.1, -0.05) is 56.3 Å². The molecule has 2 heterocycles. The molecule has 1 atom stereocenters. The zero-order chi connectivity index (χ0) is 25.2. The molecule has 3 nitrogen and oxygen atoms in total. The molecule has 3 aromatic carbocycles. The molecule has 0 amide bonds. The van der Waals surface area contributed by atoms with Gasteiger partial charge in [-0.2, -0.15) is 13.2 Å². The molecule has 36 heavy (non-hydrogen) atoms. The Morgan fingerprint density at radius 2 is 1.75 bits per heavy atom. The van der Waals surface area contributed by atoms with Crippen molar-refractivity contribution in [2.24, 2.45) is 5.41 Å². The molecule has 1 aliphatic heterocycles. The van der Waals surface area contributed by atoms with Crippen LogP contribution in [0.5, 0.6) is 0 Å². The fraction of sp³-hybridized carbons (Fsp3) is 0.233. The summed E-state index contributed by atoms with van der Waals surface area (Å²) in [4.78, 5) is 13.5. The van der Waals surface area contributed by atoms with Gasteiger partial charge in [-0.05, 0) is 58.5 Å². The summed E-state index contributed by atoms with van der Waals surface area (Å²) in [5.41, 5.74) is 2.88. The normalized spacial score (nSPS) is 19.1. The lowest BCUT2D eigenvalue weighted by Crippen LogP contribution is -2.33. The molecule has 0 radical (unpaired) electrons. The number of hydrogen-bond acceptors (Lipinski definition) is 3. The maximum Gasteiger partial charge on any atom is 0.416 e. The van der Waals surface area contributed by atoms with Crippen LogP contribution in [0.4, 0.5) is 18.9 Å². The maximum absolute atomic E-state index is 13.5. The van der Waals surface area contributed by atoms with Crippen LogP contribution in [-0.4, -0.2) is 5.78 Å². The molecule has 6 heteroatoms. The average Bonchev–Trinajstić information content (AvgIpc) is 3.31. The predicted molar refractivity (Wildman–Crippen MR) is 134 cm³/mol. The van der Waals surface area contributed by atoms with Gasteiger partial charge in [0.1, 0.15) is 11.5 Å². The first-order valence-electron chi connectivity index (χ1n) is 11.9. The largest absolute Gasteiger partial charge is 0.460 e. The summed E-state index contributed by atoms with van der Waals surface area (Å²) in [6.45, 7) is 4.17. The van der Waals surface area contributed by atoms with Crippen molar-refractivity contribution >= 4 is 22.2 Å². The van der Waals surface area contributed by atoms with E-state index in [-0.39, 0.29) is 11.2 Å². The molecule has 4 aromatic rings. The summed E-state index contributed by atoms with van der Waals surface area (Å²) in [7, 11) is 0. The number of benzene rings is 3. The predicted octanol–water partition coefficient (Wildman–Crippen LogP) is 8.32. The Labute approximate surface area is 206 Å². The van der Waals surface area contributed by atoms with Crippen molar-refractivity contribution in [3.05, 3.63) is 101 Å². The van der Waals surface area contributed by atoms with Crippen LogP contribution in [0.25, 0.3) is 22.1 Å². The number of Topliss-reactive ketones (excluding diaryl/α,β-unsaturated/α-hetero) is 1. The van der Waals surface area contributed by atoms with E-state index >= 15 is 0 Å². The first kappa shape index (κ1) is 22.7. The van der Waals surface area contributed by atoms with Crippen LogP contribution in [0, 0.1) is 5.41 Å². The SMILES string of the molecule is CC1(C)CC(=O)C2=C(C1)Nc1ccc3ccccc3c1C2c1ccc(-c2cccc(C(F)(F)F)c2)o1. The molecule has 1 N–H and O–H groups in total. The van der Waals surface area contributed by atoms with Crippen LogP contribution in [0.1, 0.15) is 49.5 Å². The van der Waals surface area contributed by atoms with Crippen LogP contribution in [0.2, 0.25) is 0 Å². The summed E-state index contributed by atoms with van der Waals surface area (Å²) in [6.07, 6.45) is -3.30. The molecule has 6 rings (SSSR count). The fourth-order valence-electron chi connectivity index (χ4n) is 5.60. The van der Waals surface area contributed by atoms with Crippen LogP contribution in [-0.2, 0) is 11.0 Å². The van der Waals surface area contributed by atoms with Crippen molar-refractivity contribution in [2.45, 2.75) is 38.8 Å². The van der Waals surface area contributed by atoms with E-state index in [1.807, 2.05) is 30.3 Å². The lowest BCUT2D eigenvalue weighted by Gasteiger charge is -2.39. The van der Waals surface area contributed by atoms with Gasteiger partial charge in [-0.3, -0.25) is 4.79 Å². The van der Waals surface area contributed by atoms with E-state index in [1.54, 1.807) is 18.2 Å². The summed E-state index contributed by atoms with van der Waals surface area (Å²) < 4.78 is 46.2. The highest BCUT2D eigenvalue weighted by atomic mass is 19.4. The number of ketones is 1. The summed E-state index contributed by atoms with van der Waals surface area (Å²) >= 11 is 0. The summed E-state index contributed by atoms with van der Waals surface area (Å²) in [5.74, 6) is 0.490. The molecule has 0 bridgehead atoms. The quantitative estimate of drug-likeness (QED) is 0.309. The Balaban J connectivity index is 1.54. The van der Waals surface area contributed by atoms with Crippen molar-refractivity contribution in [3.8, 4) is 11.3 Å². The standard InChI is InChI=1S/C30H24F3NO2/c1-29(2)15-22-27(23(35)16-29)28(26-20-9-4-3-6-17(20)10-11-21(26)34-22)25-13-12-24(36-25)18-7-5-8-19(14-18)30(31,32)33/h3-14,28,34H,15-16H2,1-2H3. The number of furan rings is 1. The Bertz CT molecular complexity index is 1560. The summed E-state index contributed by atoms with van der Waals surface area (Å²) in [5, 5.41) is 5.58. The average molecular weight is 488 g/mol. The molecular formula is C30H24F3NO2. The van der Waals surface area contributed by atoms with Gasteiger partial charge in [-0.15, -0.1) is 0 Å². The number of carbonyl (C=O) groups is 1. The maximum atomic E-state index is 13.5. The second-order valence-corrected chi connectivity index (χ2v) is 10.4. The third kappa shape index (κ3) is 3.72. The van der Waals surface area contributed by atoms with E-state index in [2.05, 4.69) is 25.2 Å². The van der Waals surface area contributed by atoms with Crippen molar-refractivity contribution < 1.29 is 22.4 Å². The van der Waals surface area contributed by atoms with E-state index in [0.29, 0.717) is 29.1 Å². The lowest BCUT2D eigenvalue weighted by atomic mass is 9.69. The molecule has 1 aromatic heterocycles. The number of rotatable bonds is 2. The molecule has 1 aliphatic carbocycles. The number of alkyl halides is 3. The smallest absolute Gasteiger partial charge is 0.416 e. The monoisotopic (exact) mass is 487 g/mol. The number of fused-ring (bicyclic) bond motifs is 3. The molecule has 2 aliphatic rings. The first-order valence-corrected chi connectivity index (χ1v) is 11.9. The van der Waals surface area contributed by atoms with E-state index in [4.69, 9.17) is 4.42 Å². The van der Waals surface area contributed by atoms with Gasteiger partial charge < -0.3 is 9.73 Å². The van der Waals surface area contributed by atoms with E-state index in [9.17, 15) is 18.0 Å². The zero-order valence-electron chi connectivity index (χ0n) is 19.9. The van der Waals surface area contributed by atoms with Crippen LogP contribution in [0.3, 0.4) is 0 Å². The van der Waals surface area contributed by atoms with Gasteiger partial charge in [0.15, 0.2) is 5.78 Å². The second-order valence-electron chi connectivity index (χ2n) is 10.4. The fourth-order valence-corrected chi connectivity index (χ4v) is 5.60. The molecule has 0 fully saturated rings. The van der Waals surface area contributed by atoms with E-state index in [1.165, 1.54) is 6.07 Å². The number of allylic oxidation sites excluding steroid dienone is 2. The molecule has 1 unspecified atom stereocenters. The Kier molecular flexibility index (Phi) is 4.94. The third-order valence-electron chi connectivity index (χ3n) is 7.14. The molecule has 0 saturated carbocycles. The minimum atomic E-state index is -4.45. The minimum Gasteiger partial charge on any atom is -0.460 e. The second kappa shape index (κ2) is 7.85. The van der Waals surface area contributed by atoms with Crippen LogP contribution >= 0.6 is 0 Å². The highest BCUT2D eigenvalue weighted by Gasteiger charge is 2.42. The van der Waals surface area contributed by atoms with Gasteiger partial charge in [0.25, 0.3) is 0 Å². The lowest BCUT2D eigenvalue weighted by molar-refractivity contribution is -0.137. The van der Waals surface area contributed by atoms with Crippen LogP contribution < -0.4 is 5.32 Å². The molecule has 0 spiro atoms. The van der Waals surface area contributed by atoms with E-state index in [0.717, 1.165) is 46.3 Å². The molecule has 182 valence electrons. The minimum absolute atomic E-state index is 0.0642. The Morgan fingerprint density at radius 1 is 0.944 bits per heavy atom. The number of hydrogen-bond donors (Lipinski definition) is 1.